The van der Waals surface area contributed by atoms with Gasteiger partial charge in [0.2, 0.25) is 0 Å². The summed E-state index contributed by atoms with van der Waals surface area (Å²) in [4.78, 5) is 2.55. The molecule has 0 aromatic heterocycles. The van der Waals surface area contributed by atoms with Crippen LogP contribution in [0.25, 0.3) is 10.4 Å². The van der Waals surface area contributed by atoms with Crippen molar-refractivity contribution in [1.29, 1.82) is 0 Å². The van der Waals surface area contributed by atoms with Gasteiger partial charge >= 0.3 is 0 Å². The summed E-state index contributed by atoms with van der Waals surface area (Å²) in [7, 11) is 1.59. The van der Waals surface area contributed by atoms with Gasteiger partial charge in [0.1, 0.15) is 5.75 Å². The highest BCUT2D eigenvalue weighted by molar-refractivity contribution is 5.26. The molecule has 7 nitrogen and oxygen atoms in total. The zero-order chi connectivity index (χ0) is 14.1. The van der Waals surface area contributed by atoms with Crippen molar-refractivity contribution in [2.45, 2.75) is 18.8 Å². The Hall–Kier alpha value is -1.79. The van der Waals surface area contributed by atoms with E-state index in [1.165, 1.54) is 0 Å². The molecule has 2 atom stereocenters. The number of aliphatic hydroxyl groups is 2. The number of hydrogen-bond acceptors (Lipinski definition) is 5. The van der Waals surface area contributed by atoms with E-state index in [2.05, 4.69) is 10.0 Å². The molecule has 0 aliphatic heterocycles. The molecule has 0 radical (unpaired) electrons. The van der Waals surface area contributed by atoms with Crippen LogP contribution in [0, 0.1) is 0 Å². The number of hydrogen-bond donors (Lipinski definition) is 2. The van der Waals surface area contributed by atoms with Crippen LogP contribution in [-0.4, -0.2) is 42.7 Å². The van der Waals surface area contributed by atoms with Crippen molar-refractivity contribution < 1.29 is 19.7 Å². The van der Waals surface area contributed by atoms with Gasteiger partial charge in [0.05, 0.1) is 39.1 Å². The summed E-state index contributed by atoms with van der Waals surface area (Å²) in [6, 6.07) is 6.43. The van der Waals surface area contributed by atoms with Crippen molar-refractivity contribution in [3.8, 4) is 5.75 Å². The van der Waals surface area contributed by atoms with Crippen molar-refractivity contribution in [2.75, 3.05) is 20.3 Å². The van der Waals surface area contributed by atoms with E-state index in [-0.39, 0.29) is 6.61 Å². The first-order valence-electron chi connectivity index (χ1n) is 5.75. The lowest BCUT2D eigenvalue weighted by Gasteiger charge is -2.16. The summed E-state index contributed by atoms with van der Waals surface area (Å²) in [6.45, 7) is -0.122. The second-order valence-electron chi connectivity index (χ2n) is 3.89. The van der Waals surface area contributed by atoms with Crippen LogP contribution >= 0.6 is 0 Å². The van der Waals surface area contributed by atoms with Crippen molar-refractivity contribution in [2.24, 2.45) is 5.11 Å². The van der Waals surface area contributed by atoms with Gasteiger partial charge in [0.25, 0.3) is 0 Å². The quantitative estimate of drug-likeness (QED) is 0.419. The van der Waals surface area contributed by atoms with Gasteiger partial charge in [-0.15, -0.1) is 0 Å². The minimum Gasteiger partial charge on any atom is -0.497 e. The molecule has 2 unspecified atom stereocenters. The number of benzene rings is 1. The highest BCUT2D eigenvalue weighted by Gasteiger charge is 2.16. The maximum absolute atomic E-state index is 9.63. The summed E-state index contributed by atoms with van der Waals surface area (Å²) in [6.07, 6.45) is -1.03. The maximum atomic E-state index is 9.63. The Bertz CT molecular complexity index is 417. The van der Waals surface area contributed by atoms with Crippen LogP contribution < -0.4 is 4.74 Å². The Labute approximate surface area is 111 Å². The van der Waals surface area contributed by atoms with E-state index in [0.717, 1.165) is 11.3 Å². The molecule has 19 heavy (non-hydrogen) atoms. The number of methoxy groups -OCH3 is 1. The molecule has 2 N–H and O–H groups in total. The van der Waals surface area contributed by atoms with Gasteiger partial charge in [0.15, 0.2) is 0 Å². The van der Waals surface area contributed by atoms with Crippen molar-refractivity contribution >= 4 is 0 Å². The third-order valence-electron chi connectivity index (χ3n) is 2.55. The lowest BCUT2D eigenvalue weighted by molar-refractivity contribution is 0.00626. The first kappa shape index (κ1) is 15.3. The maximum Gasteiger partial charge on any atom is 0.118 e. The smallest absolute Gasteiger partial charge is 0.118 e. The predicted molar refractivity (Wildman–Crippen MR) is 68.7 cm³/mol. The van der Waals surface area contributed by atoms with Gasteiger partial charge in [0, 0.05) is 4.91 Å². The number of rotatable bonds is 8. The Kier molecular flexibility index (Phi) is 6.70. The molecule has 0 spiro atoms. The van der Waals surface area contributed by atoms with Crippen LogP contribution in [-0.2, 0) is 11.3 Å². The van der Waals surface area contributed by atoms with E-state index in [1.807, 2.05) is 24.3 Å². The summed E-state index contributed by atoms with van der Waals surface area (Å²) in [5, 5.41) is 21.8. The van der Waals surface area contributed by atoms with Gasteiger partial charge in [-0.1, -0.05) is 17.2 Å². The second kappa shape index (κ2) is 8.34. The molecule has 0 fully saturated rings. The molecule has 0 bridgehead atoms. The Morgan fingerprint density at radius 1 is 1.37 bits per heavy atom. The van der Waals surface area contributed by atoms with Crippen molar-refractivity contribution in [3.63, 3.8) is 0 Å². The van der Waals surface area contributed by atoms with E-state index in [9.17, 15) is 5.11 Å². The molecule has 1 aromatic carbocycles. The fourth-order valence-electron chi connectivity index (χ4n) is 1.43. The molecule has 0 amide bonds. The topological polar surface area (TPSA) is 108 Å². The first-order chi connectivity index (χ1) is 9.21. The fourth-order valence-corrected chi connectivity index (χ4v) is 1.43. The molecular weight excluding hydrogens is 250 g/mol. The lowest BCUT2D eigenvalue weighted by Crippen LogP contribution is -2.31. The average Bonchev–Trinajstić information content (AvgIpc) is 2.45. The predicted octanol–water partition coefficient (Wildman–Crippen LogP) is 1.24. The van der Waals surface area contributed by atoms with Crippen LogP contribution in [0.4, 0.5) is 0 Å². The van der Waals surface area contributed by atoms with E-state index in [4.69, 9.17) is 20.1 Å². The summed E-state index contributed by atoms with van der Waals surface area (Å²) >= 11 is 0. The third kappa shape index (κ3) is 5.15. The van der Waals surface area contributed by atoms with E-state index in [1.54, 1.807) is 7.11 Å². The van der Waals surface area contributed by atoms with Crippen LogP contribution in [0.5, 0.6) is 5.75 Å². The molecule has 7 heteroatoms. The molecule has 104 valence electrons. The second-order valence-corrected chi connectivity index (χ2v) is 3.89. The first-order valence-corrected chi connectivity index (χ1v) is 5.75. The molecule has 0 aliphatic rings. The average molecular weight is 267 g/mol. The molecule has 0 saturated carbocycles. The number of aliphatic hydroxyl groups excluding tert-OH is 2. The normalized spacial score (nSPS) is 13.4. The van der Waals surface area contributed by atoms with Gasteiger partial charge in [-0.2, -0.15) is 0 Å². The third-order valence-corrected chi connectivity index (χ3v) is 2.55. The largest absolute Gasteiger partial charge is 0.497 e. The van der Waals surface area contributed by atoms with Gasteiger partial charge in [-0.3, -0.25) is 0 Å². The molecule has 0 aliphatic carbocycles. The summed E-state index contributed by atoms with van der Waals surface area (Å²) in [5.74, 6) is 0.757. The SMILES string of the molecule is COc1ccc(COCC(O)C(CO)N=[N+]=[N-])cc1. The van der Waals surface area contributed by atoms with E-state index < -0.39 is 18.8 Å². The van der Waals surface area contributed by atoms with E-state index >= 15 is 0 Å². The molecule has 1 aromatic rings. The molecular formula is C12H17N3O4. The minimum absolute atomic E-state index is 0.0176. The lowest BCUT2D eigenvalue weighted by atomic mass is 10.2. The Morgan fingerprint density at radius 2 is 2.05 bits per heavy atom. The van der Waals surface area contributed by atoms with Crippen LogP contribution in [0.1, 0.15) is 5.56 Å². The van der Waals surface area contributed by atoms with Gasteiger partial charge < -0.3 is 19.7 Å². The van der Waals surface area contributed by atoms with Crippen molar-refractivity contribution in [1.82, 2.24) is 0 Å². The standard InChI is InChI=1S/C12H17N3O4/c1-18-10-4-2-9(3-5-10)7-19-8-12(17)11(6-16)14-15-13/h2-5,11-12,16-17H,6-8H2,1H3. The summed E-state index contributed by atoms with van der Waals surface area (Å²) < 4.78 is 10.3. The van der Waals surface area contributed by atoms with Gasteiger partial charge in [-0.25, -0.2) is 0 Å². The highest BCUT2D eigenvalue weighted by Crippen LogP contribution is 2.12. The molecule has 0 heterocycles. The number of azide groups is 1. The Morgan fingerprint density at radius 3 is 2.58 bits per heavy atom. The monoisotopic (exact) mass is 267 g/mol. The minimum atomic E-state index is -1.03. The molecule has 1 rings (SSSR count). The fraction of sp³-hybridized carbons (Fsp3) is 0.500. The summed E-state index contributed by atoms with van der Waals surface area (Å²) in [5.41, 5.74) is 9.18. The number of ether oxygens (including phenoxy) is 2. The zero-order valence-corrected chi connectivity index (χ0v) is 10.6. The van der Waals surface area contributed by atoms with Crippen LogP contribution in [0.3, 0.4) is 0 Å². The zero-order valence-electron chi connectivity index (χ0n) is 10.6. The Balaban J connectivity index is 2.38. The van der Waals surface area contributed by atoms with Gasteiger partial charge in [-0.05, 0) is 23.2 Å². The number of nitrogens with zero attached hydrogens (tertiary/aromatic N) is 3. The molecule has 0 saturated heterocycles. The van der Waals surface area contributed by atoms with Crippen LogP contribution in [0.15, 0.2) is 29.4 Å². The van der Waals surface area contributed by atoms with E-state index in [0.29, 0.717) is 6.61 Å². The van der Waals surface area contributed by atoms with Crippen LogP contribution in [0.2, 0.25) is 0 Å². The van der Waals surface area contributed by atoms with Crippen molar-refractivity contribution in [3.05, 3.63) is 40.3 Å². The highest BCUT2D eigenvalue weighted by atomic mass is 16.5.